The molecule has 74 valence electrons. The lowest BCUT2D eigenvalue weighted by Crippen LogP contribution is -1.98. The number of hydrogen-bond acceptors (Lipinski definition) is 2. The molecular weight excluding hydrogens is 162 g/mol. The minimum atomic E-state index is 0.597. The second kappa shape index (κ2) is 5.02. The lowest BCUT2D eigenvalue weighted by Gasteiger charge is -1.98. The van der Waals surface area contributed by atoms with Crippen molar-refractivity contribution < 1.29 is 0 Å². The molecule has 1 rings (SSSR count). The zero-order chi connectivity index (χ0) is 9.68. The molecule has 1 aromatic rings. The summed E-state index contributed by atoms with van der Waals surface area (Å²) in [5.74, 6) is 0. The van der Waals surface area contributed by atoms with Crippen molar-refractivity contribution in [2.24, 2.45) is 5.73 Å². The Hall–Kier alpha value is -0.830. The van der Waals surface area contributed by atoms with E-state index in [-0.39, 0.29) is 0 Å². The molecule has 0 spiro atoms. The molecule has 0 aromatic carbocycles. The van der Waals surface area contributed by atoms with Gasteiger partial charge in [0, 0.05) is 24.8 Å². The molecule has 0 saturated carbocycles. The summed E-state index contributed by atoms with van der Waals surface area (Å²) in [6.45, 7) is 5.84. The molecule has 0 aliphatic carbocycles. The Morgan fingerprint density at radius 1 is 1.46 bits per heavy atom. The first kappa shape index (κ1) is 10.3. The lowest BCUT2D eigenvalue weighted by atomic mass is 10.2. The molecule has 1 aromatic heterocycles. The van der Waals surface area contributed by atoms with Crippen LogP contribution in [0.2, 0.25) is 0 Å². The van der Waals surface area contributed by atoms with E-state index in [4.69, 9.17) is 5.73 Å². The van der Waals surface area contributed by atoms with Crippen molar-refractivity contribution in [3.05, 3.63) is 17.5 Å². The van der Waals surface area contributed by atoms with Gasteiger partial charge in [-0.1, -0.05) is 19.8 Å². The van der Waals surface area contributed by atoms with E-state index in [1.54, 1.807) is 0 Å². The van der Waals surface area contributed by atoms with E-state index in [1.807, 2.05) is 11.6 Å². The monoisotopic (exact) mass is 181 g/mol. The maximum atomic E-state index is 5.57. The van der Waals surface area contributed by atoms with Gasteiger partial charge < -0.3 is 5.73 Å². The van der Waals surface area contributed by atoms with Crippen LogP contribution in [0.4, 0.5) is 0 Å². The first-order valence-corrected chi connectivity index (χ1v) is 5.01. The predicted molar refractivity (Wildman–Crippen MR) is 54.4 cm³/mol. The van der Waals surface area contributed by atoms with E-state index in [9.17, 15) is 0 Å². The van der Waals surface area contributed by atoms with Crippen molar-refractivity contribution in [3.63, 3.8) is 0 Å². The summed E-state index contributed by atoms with van der Waals surface area (Å²) in [6.07, 6.45) is 5.80. The molecule has 3 nitrogen and oxygen atoms in total. The minimum Gasteiger partial charge on any atom is -0.326 e. The van der Waals surface area contributed by atoms with Crippen molar-refractivity contribution >= 4 is 0 Å². The Kier molecular flexibility index (Phi) is 3.96. The molecule has 0 fully saturated rings. The Morgan fingerprint density at radius 2 is 2.23 bits per heavy atom. The highest BCUT2D eigenvalue weighted by Crippen LogP contribution is 2.05. The summed E-state index contributed by atoms with van der Waals surface area (Å²) in [5, 5.41) is 4.39. The van der Waals surface area contributed by atoms with E-state index in [0.717, 1.165) is 17.8 Å². The number of unbranched alkanes of at least 4 members (excludes halogenated alkanes) is 2. The fraction of sp³-hybridized carbons (Fsp3) is 0.700. The Labute approximate surface area is 79.9 Å². The average molecular weight is 181 g/mol. The SMILES string of the molecule is CCCCCn1cc(CN)c(C)n1. The Balaban J connectivity index is 2.48. The first-order chi connectivity index (χ1) is 6.27. The van der Waals surface area contributed by atoms with Gasteiger partial charge in [-0.3, -0.25) is 4.68 Å². The third-order valence-corrected chi connectivity index (χ3v) is 2.26. The zero-order valence-corrected chi connectivity index (χ0v) is 8.58. The third kappa shape index (κ3) is 2.84. The maximum absolute atomic E-state index is 5.57. The summed E-state index contributed by atoms with van der Waals surface area (Å²) in [5.41, 5.74) is 7.80. The molecule has 0 saturated heterocycles. The smallest absolute Gasteiger partial charge is 0.0638 e. The fourth-order valence-electron chi connectivity index (χ4n) is 1.40. The topological polar surface area (TPSA) is 43.8 Å². The Bertz CT molecular complexity index is 253. The van der Waals surface area contributed by atoms with Gasteiger partial charge in [0.2, 0.25) is 0 Å². The van der Waals surface area contributed by atoms with Gasteiger partial charge in [-0.2, -0.15) is 5.10 Å². The maximum Gasteiger partial charge on any atom is 0.0638 e. The molecule has 2 N–H and O–H groups in total. The van der Waals surface area contributed by atoms with Crippen LogP contribution in [0.5, 0.6) is 0 Å². The van der Waals surface area contributed by atoms with E-state index in [2.05, 4.69) is 18.2 Å². The molecule has 0 atom stereocenters. The number of rotatable bonds is 5. The van der Waals surface area contributed by atoms with Gasteiger partial charge in [0.05, 0.1) is 5.69 Å². The van der Waals surface area contributed by atoms with Crippen molar-refractivity contribution in [1.29, 1.82) is 0 Å². The second-order valence-corrected chi connectivity index (χ2v) is 3.41. The van der Waals surface area contributed by atoms with Crippen LogP contribution in [-0.4, -0.2) is 9.78 Å². The first-order valence-electron chi connectivity index (χ1n) is 5.01. The quantitative estimate of drug-likeness (QED) is 0.704. The molecule has 3 heteroatoms. The lowest BCUT2D eigenvalue weighted by molar-refractivity contribution is 0.550. The van der Waals surface area contributed by atoms with Gasteiger partial charge >= 0.3 is 0 Å². The number of aryl methyl sites for hydroxylation is 2. The number of hydrogen-bond donors (Lipinski definition) is 1. The highest BCUT2D eigenvalue weighted by Gasteiger charge is 2.01. The molecular formula is C10H19N3. The standard InChI is InChI=1S/C10H19N3/c1-3-4-5-6-13-8-10(7-11)9(2)12-13/h8H,3-7,11H2,1-2H3. The fourth-order valence-corrected chi connectivity index (χ4v) is 1.40. The summed E-state index contributed by atoms with van der Waals surface area (Å²) in [4.78, 5) is 0. The number of nitrogens with two attached hydrogens (primary N) is 1. The average Bonchev–Trinajstić information content (AvgIpc) is 2.47. The van der Waals surface area contributed by atoms with Crippen LogP contribution < -0.4 is 5.73 Å². The molecule has 13 heavy (non-hydrogen) atoms. The summed E-state index contributed by atoms with van der Waals surface area (Å²) >= 11 is 0. The molecule has 0 amide bonds. The minimum absolute atomic E-state index is 0.597. The van der Waals surface area contributed by atoms with Gasteiger partial charge in [-0.05, 0) is 13.3 Å². The van der Waals surface area contributed by atoms with E-state index < -0.39 is 0 Å². The van der Waals surface area contributed by atoms with Gasteiger partial charge in [0.15, 0.2) is 0 Å². The van der Waals surface area contributed by atoms with Crippen LogP contribution in [0.3, 0.4) is 0 Å². The molecule has 0 aliphatic rings. The van der Waals surface area contributed by atoms with Gasteiger partial charge in [0.1, 0.15) is 0 Å². The van der Waals surface area contributed by atoms with Crippen LogP contribution in [0.1, 0.15) is 37.4 Å². The van der Waals surface area contributed by atoms with Crippen LogP contribution in [0.25, 0.3) is 0 Å². The highest BCUT2D eigenvalue weighted by atomic mass is 15.3. The van der Waals surface area contributed by atoms with Crippen molar-refractivity contribution in [3.8, 4) is 0 Å². The van der Waals surface area contributed by atoms with Crippen LogP contribution in [0, 0.1) is 6.92 Å². The zero-order valence-electron chi connectivity index (χ0n) is 8.58. The van der Waals surface area contributed by atoms with E-state index >= 15 is 0 Å². The van der Waals surface area contributed by atoms with Gasteiger partial charge in [-0.15, -0.1) is 0 Å². The van der Waals surface area contributed by atoms with Crippen LogP contribution in [0.15, 0.2) is 6.20 Å². The molecule has 0 unspecified atom stereocenters. The Morgan fingerprint density at radius 3 is 2.77 bits per heavy atom. The summed E-state index contributed by atoms with van der Waals surface area (Å²) in [7, 11) is 0. The second-order valence-electron chi connectivity index (χ2n) is 3.41. The van der Waals surface area contributed by atoms with E-state index in [1.165, 1.54) is 19.3 Å². The van der Waals surface area contributed by atoms with Gasteiger partial charge in [0.25, 0.3) is 0 Å². The highest BCUT2D eigenvalue weighted by molar-refractivity contribution is 5.14. The van der Waals surface area contributed by atoms with Crippen molar-refractivity contribution in [2.45, 2.75) is 46.2 Å². The van der Waals surface area contributed by atoms with E-state index in [0.29, 0.717) is 6.54 Å². The molecule has 0 radical (unpaired) electrons. The van der Waals surface area contributed by atoms with Crippen LogP contribution >= 0.6 is 0 Å². The number of aromatic nitrogens is 2. The van der Waals surface area contributed by atoms with Crippen LogP contribution in [-0.2, 0) is 13.1 Å². The summed E-state index contributed by atoms with van der Waals surface area (Å²) < 4.78 is 2.01. The predicted octanol–water partition coefficient (Wildman–Crippen LogP) is 1.84. The third-order valence-electron chi connectivity index (χ3n) is 2.26. The largest absolute Gasteiger partial charge is 0.326 e. The normalized spacial score (nSPS) is 10.7. The number of nitrogens with zero attached hydrogens (tertiary/aromatic N) is 2. The molecule has 0 aliphatic heterocycles. The van der Waals surface area contributed by atoms with Gasteiger partial charge in [-0.25, -0.2) is 0 Å². The molecule has 1 heterocycles. The van der Waals surface area contributed by atoms with Crippen molar-refractivity contribution in [2.75, 3.05) is 0 Å². The molecule has 0 bridgehead atoms. The summed E-state index contributed by atoms with van der Waals surface area (Å²) in [6, 6.07) is 0. The van der Waals surface area contributed by atoms with Crippen molar-refractivity contribution in [1.82, 2.24) is 9.78 Å².